The highest BCUT2D eigenvalue weighted by atomic mass is 15.3. The van der Waals surface area contributed by atoms with Crippen molar-refractivity contribution in [1.29, 1.82) is 0 Å². The van der Waals surface area contributed by atoms with E-state index in [1.165, 1.54) is 5.69 Å². The molecule has 1 aromatic heterocycles. The van der Waals surface area contributed by atoms with Crippen molar-refractivity contribution >= 4 is 0 Å². The van der Waals surface area contributed by atoms with Crippen molar-refractivity contribution in [3.63, 3.8) is 0 Å². The Morgan fingerprint density at radius 1 is 1.69 bits per heavy atom. The van der Waals surface area contributed by atoms with Gasteiger partial charge >= 0.3 is 0 Å². The second-order valence-electron chi connectivity index (χ2n) is 3.22. The topological polar surface area (TPSA) is 29.9 Å². The molecular formula is C10H17N3. The smallest absolute Gasteiger partial charge is 0.0617 e. The van der Waals surface area contributed by atoms with Crippen LogP contribution in [0.3, 0.4) is 0 Å². The number of nitrogens with one attached hydrogen (secondary N) is 1. The van der Waals surface area contributed by atoms with Gasteiger partial charge < -0.3 is 5.32 Å². The van der Waals surface area contributed by atoms with E-state index in [0.717, 1.165) is 25.2 Å². The maximum Gasteiger partial charge on any atom is 0.0617 e. The van der Waals surface area contributed by atoms with Crippen molar-refractivity contribution in [2.45, 2.75) is 26.9 Å². The average molecular weight is 179 g/mol. The first-order valence-electron chi connectivity index (χ1n) is 4.59. The Hall–Kier alpha value is -1.09. The summed E-state index contributed by atoms with van der Waals surface area (Å²) < 4.78 is 1.98. The summed E-state index contributed by atoms with van der Waals surface area (Å²) in [6.45, 7) is 10.7. The lowest BCUT2D eigenvalue weighted by Crippen LogP contribution is -2.16. The molecule has 13 heavy (non-hydrogen) atoms. The molecule has 0 aliphatic rings. The van der Waals surface area contributed by atoms with Gasteiger partial charge in [0.05, 0.1) is 12.2 Å². The van der Waals surface area contributed by atoms with Crippen molar-refractivity contribution < 1.29 is 0 Å². The second kappa shape index (κ2) is 4.82. The van der Waals surface area contributed by atoms with E-state index in [9.17, 15) is 0 Å². The zero-order chi connectivity index (χ0) is 9.68. The van der Waals surface area contributed by atoms with E-state index in [1.54, 1.807) is 0 Å². The molecule has 0 radical (unpaired) electrons. The van der Waals surface area contributed by atoms with Crippen molar-refractivity contribution in [2.75, 3.05) is 6.54 Å². The van der Waals surface area contributed by atoms with Crippen LogP contribution in [0.5, 0.6) is 0 Å². The molecule has 0 aliphatic heterocycles. The van der Waals surface area contributed by atoms with Crippen LogP contribution < -0.4 is 5.32 Å². The highest BCUT2D eigenvalue weighted by molar-refractivity contribution is 5.03. The molecule has 3 nitrogen and oxygen atoms in total. The Balaban J connectivity index is 2.60. The number of nitrogens with zero attached hydrogens (tertiary/aromatic N) is 2. The summed E-state index contributed by atoms with van der Waals surface area (Å²) in [6, 6.07) is 2.03. The molecule has 1 aromatic rings. The third kappa shape index (κ3) is 3.03. The lowest BCUT2D eigenvalue weighted by Gasteiger charge is -2.06. The average Bonchev–Trinajstić information content (AvgIpc) is 2.48. The molecule has 3 heteroatoms. The molecular weight excluding hydrogens is 162 g/mol. The quantitative estimate of drug-likeness (QED) is 0.695. The van der Waals surface area contributed by atoms with Gasteiger partial charge in [0.2, 0.25) is 0 Å². The lowest BCUT2D eigenvalue weighted by atomic mass is 10.3. The summed E-state index contributed by atoms with van der Waals surface area (Å²) in [4.78, 5) is 0. The summed E-state index contributed by atoms with van der Waals surface area (Å²) in [5, 5.41) is 7.50. The Labute approximate surface area is 79.5 Å². The van der Waals surface area contributed by atoms with E-state index in [0.29, 0.717) is 0 Å². The van der Waals surface area contributed by atoms with Gasteiger partial charge in [0.1, 0.15) is 0 Å². The first-order chi connectivity index (χ1) is 6.24. The standard InChI is InChI=1S/C10H17N3/c1-4-11-7-10-5-6-12-13(10)8-9(2)3/h5-6,11H,2,4,7-8H2,1,3H3. The molecule has 1 N–H and O–H groups in total. The minimum absolute atomic E-state index is 0.813. The predicted octanol–water partition coefficient (Wildman–Crippen LogP) is 1.57. The van der Waals surface area contributed by atoms with Gasteiger partial charge in [-0.05, 0) is 19.5 Å². The fraction of sp³-hybridized carbons (Fsp3) is 0.500. The monoisotopic (exact) mass is 179 g/mol. The summed E-state index contributed by atoms with van der Waals surface area (Å²) in [7, 11) is 0. The SMILES string of the molecule is C=C(C)Cn1nccc1CNCC. The van der Waals surface area contributed by atoms with Crippen LogP contribution in [0, 0.1) is 0 Å². The Morgan fingerprint density at radius 3 is 3.08 bits per heavy atom. The summed E-state index contributed by atoms with van der Waals surface area (Å²) in [5.74, 6) is 0. The number of rotatable bonds is 5. The van der Waals surface area contributed by atoms with Gasteiger partial charge in [-0.15, -0.1) is 0 Å². The van der Waals surface area contributed by atoms with E-state index in [2.05, 4.69) is 23.9 Å². The molecule has 72 valence electrons. The van der Waals surface area contributed by atoms with Gasteiger partial charge in [-0.3, -0.25) is 4.68 Å². The largest absolute Gasteiger partial charge is 0.311 e. The molecule has 0 aromatic carbocycles. The molecule has 0 fully saturated rings. The van der Waals surface area contributed by atoms with Crippen molar-refractivity contribution in [3.8, 4) is 0 Å². The molecule has 0 unspecified atom stereocenters. The third-order valence-electron chi connectivity index (χ3n) is 1.78. The van der Waals surface area contributed by atoms with E-state index in [-0.39, 0.29) is 0 Å². The van der Waals surface area contributed by atoms with Crippen molar-refractivity contribution in [3.05, 3.63) is 30.1 Å². The fourth-order valence-electron chi connectivity index (χ4n) is 1.16. The van der Waals surface area contributed by atoms with Gasteiger partial charge in [-0.1, -0.05) is 19.1 Å². The number of hydrogen-bond donors (Lipinski definition) is 1. The highest BCUT2D eigenvalue weighted by Gasteiger charge is 2.00. The maximum absolute atomic E-state index is 4.23. The summed E-state index contributed by atoms with van der Waals surface area (Å²) >= 11 is 0. The first-order valence-corrected chi connectivity index (χ1v) is 4.59. The number of allylic oxidation sites excluding steroid dienone is 1. The third-order valence-corrected chi connectivity index (χ3v) is 1.78. The normalized spacial score (nSPS) is 10.3. The molecule has 0 bridgehead atoms. The summed E-state index contributed by atoms with van der Waals surface area (Å²) in [5.41, 5.74) is 2.34. The van der Waals surface area contributed by atoms with Gasteiger partial charge in [0.15, 0.2) is 0 Å². The molecule has 0 spiro atoms. The van der Waals surface area contributed by atoms with Crippen LogP contribution in [0.4, 0.5) is 0 Å². The first kappa shape index (κ1) is 9.99. The van der Waals surface area contributed by atoms with E-state index < -0.39 is 0 Å². The zero-order valence-corrected chi connectivity index (χ0v) is 8.38. The number of hydrogen-bond acceptors (Lipinski definition) is 2. The molecule has 0 amide bonds. The van der Waals surface area contributed by atoms with Crippen LogP contribution in [-0.2, 0) is 13.1 Å². The van der Waals surface area contributed by atoms with Crippen LogP contribution in [0.1, 0.15) is 19.5 Å². The van der Waals surface area contributed by atoms with Crippen LogP contribution >= 0.6 is 0 Å². The Kier molecular flexibility index (Phi) is 3.71. The molecule has 1 rings (SSSR count). The van der Waals surface area contributed by atoms with Gasteiger partial charge in [0.25, 0.3) is 0 Å². The van der Waals surface area contributed by atoms with Crippen molar-refractivity contribution in [2.24, 2.45) is 0 Å². The van der Waals surface area contributed by atoms with Crippen LogP contribution in [0.2, 0.25) is 0 Å². The second-order valence-corrected chi connectivity index (χ2v) is 3.22. The van der Waals surface area contributed by atoms with Gasteiger partial charge in [-0.2, -0.15) is 5.10 Å². The number of aromatic nitrogens is 2. The maximum atomic E-state index is 4.23. The lowest BCUT2D eigenvalue weighted by molar-refractivity contribution is 0.601. The van der Waals surface area contributed by atoms with Gasteiger partial charge in [-0.25, -0.2) is 0 Å². The Morgan fingerprint density at radius 2 is 2.46 bits per heavy atom. The molecule has 1 heterocycles. The minimum atomic E-state index is 0.813. The van der Waals surface area contributed by atoms with Crippen LogP contribution in [0.15, 0.2) is 24.4 Å². The molecule has 0 saturated heterocycles. The van der Waals surface area contributed by atoms with Crippen molar-refractivity contribution in [1.82, 2.24) is 15.1 Å². The fourth-order valence-corrected chi connectivity index (χ4v) is 1.16. The zero-order valence-electron chi connectivity index (χ0n) is 8.38. The summed E-state index contributed by atoms with van der Waals surface area (Å²) in [6.07, 6.45) is 1.83. The van der Waals surface area contributed by atoms with E-state index in [4.69, 9.17) is 0 Å². The minimum Gasteiger partial charge on any atom is -0.311 e. The Bertz CT molecular complexity index is 275. The molecule has 0 atom stereocenters. The molecule has 0 saturated carbocycles. The predicted molar refractivity (Wildman–Crippen MR) is 54.4 cm³/mol. The van der Waals surface area contributed by atoms with E-state index >= 15 is 0 Å². The van der Waals surface area contributed by atoms with Crippen LogP contribution in [0.25, 0.3) is 0 Å². The van der Waals surface area contributed by atoms with Gasteiger partial charge in [0, 0.05) is 12.7 Å². The highest BCUT2D eigenvalue weighted by Crippen LogP contribution is 2.01. The van der Waals surface area contributed by atoms with E-state index in [1.807, 2.05) is 23.9 Å². The van der Waals surface area contributed by atoms with Crippen LogP contribution in [-0.4, -0.2) is 16.3 Å². The molecule has 0 aliphatic carbocycles.